The fraction of sp³-hybridized carbons (Fsp3) is 0.545. The van der Waals surface area contributed by atoms with Crippen molar-refractivity contribution in [3.8, 4) is 0 Å². The van der Waals surface area contributed by atoms with Gasteiger partial charge in [-0.05, 0) is 19.1 Å². The van der Waals surface area contributed by atoms with Gasteiger partial charge in [-0.25, -0.2) is 4.79 Å². The number of carboxylic acid groups (broad SMARTS) is 1. The fourth-order valence-corrected chi connectivity index (χ4v) is 2.72. The Balaban J connectivity index is 1.92. The first-order chi connectivity index (χ1) is 7.65. The van der Waals surface area contributed by atoms with Crippen LogP contribution >= 0.6 is 11.3 Å². The van der Waals surface area contributed by atoms with Gasteiger partial charge in [0.1, 0.15) is 0 Å². The lowest BCUT2D eigenvalue weighted by Gasteiger charge is -2.30. The normalized spacial score (nSPS) is 22.2. The molecule has 88 valence electrons. The van der Waals surface area contributed by atoms with Crippen LogP contribution in [-0.2, 0) is 16.1 Å². The lowest BCUT2D eigenvalue weighted by atomic mass is 10.2. The fourth-order valence-electron chi connectivity index (χ4n) is 1.79. The van der Waals surface area contributed by atoms with Crippen LogP contribution in [0, 0.1) is 6.92 Å². The molecular weight excluding hydrogens is 226 g/mol. The molecule has 0 bridgehead atoms. The Labute approximate surface area is 98.4 Å². The summed E-state index contributed by atoms with van der Waals surface area (Å²) in [6, 6.07) is 4.19. The first-order valence-electron chi connectivity index (χ1n) is 5.27. The van der Waals surface area contributed by atoms with Gasteiger partial charge >= 0.3 is 5.97 Å². The van der Waals surface area contributed by atoms with Crippen LogP contribution in [0.5, 0.6) is 0 Å². The number of ether oxygens (including phenoxy) is 1. The van der Waals surface area contributed by atoms with Crippen LogP contribution in [0.25, 0.3) is 0 Å². The van der Waals surface area contributed by atoms with Gasteiger partial charge < -0.3 is 9.84 Å². The maximum absolute atomic E-state index is 10.8. The van der Waals surface area contributed by atoms with Crippen LogP contribution in [0.15, 0.2) is 12.1 Å². The van der Waals surface area contributed by atoms with E-state index in [1.165, 1.54) is 9.75 Å². The minimum absolute atomic E-state index is 0.478. The Bertz CT molecular complexity index is 377. The van der Waals surface area contributed by atoms with E-state index >= 15 is 0 Å². The van der Waals surface area contributed by atoms with E-state index in [1.54, 1.807) is 11.3 Å². The zero-order valence-electron chi connectivity index (χ0n) is 9.18. The summed E-state index contributed by atoms with van der Waals surface area (Å²) in [5.41, 5.74) is 0. The second-order valence-corrected chi connectivity index (χ2v) is 5.32. The molecule has 5 heteroatoms. The van der Waals surface area contributed by atoms with Crippen LogP contribution in [-0.4, -0.2) is 41.8 Å². The highest BCUT2D eigenvalue weighted by Crippen LogP contribution is 2.18. The van der Waals surface area contributed by atoms with Crippen LogP contribution in [0.1, 0.15) is 9.75 Å². The number of hydrogen-bond donors (Lipinski definition) is 1. The molecule has 1 fully saturated rings. The molecule has 1 aromatic heterocycles. The van der Waals surface area contributed by atoms with E-state index in [0.717, 1.165) is 13.1 Å². The molecule has 4 nitrogen and oxygen atoms in total. The van der Waals surface area contributed by atoms with E-state index in [1.807, 2.05) is 0 Å². The quantitative estimate of drug-likeness (QED) is 0.867. The van der Waals surface area contributed by atoms with Crippen molar-refractivity contribution in [1.82, 2.24) is 4.90 Å². The van der Waals surface area contributed by atoms with Gasteiger partial charge in [-0.3, -0.25) is 4.90 Å². The summed E-state index contributed by atoms with van der Waals surface area (Å²) in [6.45, 7) is 4.69. The number of morpholine rings is 1. The van der Waals surface area contributed by atoms with E-state index < -0.39 is 12.1 Å². The maximum atomic E-state index is 10.8. The molecule has 1 aliphatic rings. The first kappa shape index (κ1) is 11.6. The molecule has 0 amide bonds. The lowest BCUT2D eigenvalue weighted by molar-refractivity contribution is -0.156. The van der Waals surface area contributed by atoms with Gasteiger partial charge in [-0.15, -0.1) is 11.3 Å². The molecule has 2 rings (SSSR count). The van der Waals surface area contributed by atoms with E-state index in [4.69, 9.17) is 9.84 Å². The number of rotatable bonds is 3. The van der Waals surface area contributed by atoms with Crippen molar-refractivity contribution in [3.05, 3.63) is 21.9 Å². The number of carboxylic acids is 1. The standard InChI is InChI=1S/C11H15NO3S/c1-8-2-3-9(16-8)6-12-4-5-15-10(7-12)11(13)14/h2-3,10H,4-7H2,1H3,(H,13,14). The predicted molar refractivity (Wildman–Crippen MR) is 61.7 cm³/mol. The highest BCUT2D eigenvalue weighted by molar-refractivity contribution is 7.11. The molecule has 0 aromatic carbocycles. The van der Waals surface area contributed by atoms with Crippen molar-refractivity contribution in [2.45, 2.75) is 19.6 Å². The first-order valence-corrected chi connectivity index (χ1v) is 6.09. The van der Waals surface area contributed by atoms with Crippen LogP contribution in [0.3, 0.4) is 0 Å². The average molecular weight is 241 g/mol. The molecule has 0 aliphatic carbocycles. The number of hydrogen-bond acceptors (Lipinski definition) is 4. The Morgan fingerprint density at radius 1 is 1.69 bits per heavy atom. The summed E-state index contributed by atoms with van der Waals surface area (Å²) in [5.74, 6) is -0.868. The smallest absolute Gasteiger partial charge is 0.334 e. The summed E-state index contributed by atoms with van der Waals surface area (Å²) in [7, 11) is 0. The van der Waals surface area contributed by atoms with Crippen LogP contribution in [0.2, 0.25) is 0 Å². The summed E-state index contributed by atoms with van der Waals surface area (Å²) in [6.07, 6.45) is -0.671. The average Bonchev–Trinajstić information content (AvgIpc) is 2.64. The monoisotopic (exact) mass is 241 g/mol. The molecule has 1 N–H and O–H groups in total. The van der Waals surface area contributed by atoms with E-state index in [0.29, 0.717) is 13.2 Å². The van der Waals surface area contributed by atoms with Gasteiger partial charge in [0.25, 0.3) is 0 Å². The second kappa shape index (κ2) is 4.95. The SMILES string of the molecule is Cc1ccc(CN2CCOC(C(=O)O)C2)s1. The summed E-state index contributed by atoms with van der Waals surface area (Å²) >= 11 is 1.76. The molecular formula is C11H15NO3S. The van der Waals surface area contributed by atoms with E-state index in [9.17, 15) is 4.79 Å². The van der Waals surface area contributed by atoms with Gasteiger partial charge in [0.15, 0.2) is 6.10 Å². The molecule has 0 radical (unpaired) electrons. The van der Waals surface area contributed by atoms with Gasteiger partial charge in [-0.2, -0.15) is 0 Å². The zero-order chi connectivity index (χ0) is 11.5. The Morgan fingerprint density at radius 2 is 2.50 bits per heavy atom. The molecule has 0 spiro atoms. The Morgan fingerprint density at radius 3 is 3.12 bits per heavy atom. The highest BCUT2D eigenvalue weighted by Gasteiger charge is 2.26. The molecule has 1 aromatic rings. The number of aryl methyl sites for hydroxylation is 1. The Hall–Kier alpha value is -0.910. The molecule has 2 heterocycles. The number of nitrogens with zero attached hydrogens (tertiary/aromatic N) is 1. The largest absolute Gasteiger partial charge is 0.479 e. The van der Waals surface area contributed by atoms with Crippen molar-refractivity contribution in [1.29, 1.82) is 0 Å². The summed E-state index contributed by atoms with van der Waals surface area (Å²) < 4.78 is 5.17. The van der Waals surface area contributed by atoms with Crippen molar-refractivity contribution < 1.29 is 14.6 Å². The lowest BCUT2D eigenvalue weighted by Crippen LogP contribution is -2.45. The van der Waals surface area contributed by atoms with Crippen LogP contribution < -0.4 is 0 Å². The van der Waals surface area contributed by atoms with Gasteiger partial charge in [0.05, 0.1) is 6.61 Å². The maximum Gasteiger partial charge on any atom is 0.334 e. The summed E-state index contributed by atoms with van der Waals surface area (Å²) in [4.78, 5) is 15.5. The molecule has 1 aliphatic heterocycles. The minimum Gasteiger partial charge on any atom is -0.479 e. The third-order valence-electron chi connectivity index (χ3n) is 2.60. The molecule has 1 saturated heterocycles. The molecule has 1 unspecified atom stereocenters. The molecule has 0 saturated carbocycles. The van der Waals surface area contributed by atoms with Crippen molar-refractivity contribution in [2.24, 2.45) is 0 Å². The molecule has 1 atom stereocenters. The number of aliphatic carboxylic acids is 1. The van der Waals surface area contributed by atoms with Crippen molar-refractivity contribution in [3.63, 3.8) is 0 Å². The third kappa shape index (κ3) is 2.81. The summed E-state index contributed by atoms with van der Waals surface area (Å²) in [5, 5.41) is 8.88. The Kier molecular flexibility index (Phi) is 3.58. The van der Waals surface area contributed by atoms with Gasteiger partial charge in [0.2, 0.25) is 0 Å². The van der Waals surface area contributed by atoms with Crippen LogP contribution in [0.4, 0.5) is 0 Å². The van der Waals surface area contributed by atoms with Crippen molar-refractivity contribution in [2.75, 3.05) is 19.7 Å². The zero-order valence-corrected chi connectivity index (χ0v) is 10.00. The predicted octanol–water partition coefficient (Wildman–Crippen LogP) is 1.34. The second-order valence-electron chi connectivity index (χ2n) is 3.95. The van der Waals surface area contributed by atoms with Crippen molar-refractivity contribution >= 4 is 17.3 Å². The van der Waals surface area contributed by atoms with Gasteiger partial charge in [-0.1, -0.05) is 0 Å². The topological polar surface area (TPSA) is 49.8 Å². The minimum atomic E-state index is -0.868. The number of thiophene rings is 1. The third-order valence-corrected chi connectivity index (χ3v) is 3.59. The van der Waals surface area contributed by atoms with E-state index in [-0.39, 0.29) is 0 Å². The molecule has 16 heavy (non-hydrogen) atoms. The number of carbonyl (C=O) groups is 1. The highest BCUT2D eigenvalue weighted by atomic mass is 32.1. The van der Waals surface area contributed by atoms with E-state index in [2.05, 4.69) is 24.0 Å². The van der Waals surface area contributed by atoms with Gasteiger partial charge in [0, 0.05) is 29.4 Å².